The van der Waals surface area contributed by atoms with Crippen LogP contribution < -0.4 is 0 Å². The van der Waals surface area contributed by atoms with Crippen molar-refractivity contribution >= 4 is 31.6 Å². The number of hydrogen-bond donors (Lipinski definition) is 4. The summed E-state index contributed by atoms with van der Waals surface area (Å²) in [4.78, 5) is 21.7. The lowest BCUT2D eigenvalue weighted by Gasteiger charge is -1.70. The first-order valence-corrected chi connectivity index (χ1v) is 5.25. The van der Waals surface area contributed by atoms with Crippen LogP contribution in [-0.2, 0) is 4.57 Å². The Hall–Kier alpha value is -0.200. The van der Waals surface area contributed by atoms with Gasteiger partial charge in [0.15, 0.2) is 0 Å². The molecular weight excluding hydrogens is 219 g/mol. The van der Waals surface area contributed by atoms with E-state index in [1.807, 2.05) is 0 Å². The largest absolute Gasteiger partial charge is 0.692 e. The minimum absolute atomic E-state index is 1.64. The van der Waals surface area contributed by atoms with Gasteiger partial charge in [0.25, 0.3) is 0 Å². The van der Waals surface area contributed by atoms with E-state index >= 15 is 0 Å². The molecule has 0 amide bonds. The first kappa shape index (κ1) is 14.3. The highest BCUT2D eigenvalue weighted by molar-refractivity contribution is 8.59. The van der Waals surface area contributed by atoms with E-state index in [9.17, 15) is 0 Å². The van der Waals surface area contributed by atoms with E-state index in [-0.39, 0.29) is 0 Å². The fourth-order valence-electron chi connectivity index (χ4n) is 0.253. The number of aromatic nitrogens is 2. The molecule has 0 unspecified atom stereocenters. The van der Waals surface area contributed by atoms with Crippen molar-refractivity contribution in [3.05, 3.63) is 24.8 Å². The van der Waals surface area contributed by atoms with Crippen LogP contribution in [0, 0.1) is 0 Å². The standard InChI is InChI=1S/C4H4N2.HO3P.H2S2/c1-2-6-4-3-5-1;1-4(2)3;1-2/h1-4H;(H-,1,2,3);1-2H/p+1. The fraction of sp³-hybridized carbons (Fsp3) is 0. The highest BCUT2D eigenvalue weighted by Crippen LogP contribution is 1.98. The van der Waals surface area contributed by atoms with E-state index in [0.717, 1.165) is 0 Å². The Labute approximate surface area is 81.1 Å². The van der Waals surface area contributed by atoms with E-state index in [2.05, 4.69) is 33.3 Å². The van der Waals surface area contributed by atoms with Gasteiger partial charge in [-0.25, -0.2) is 0 Å². The van der Waals surface area contributed by atoms with Crippen molar-refractivity contribution in [1.82, 2.24) is 9.97 Å². The molecule has 8 heteroatoms. The first-order chi connectivity index (χ1) is 5.73. The summed E-state index contributed by atoms with van der Waals surface area (Å²) in [6, 6.07) is 0. The Kier molecular flexibility index (Phi) is 16.0. The quantitative estimate of drug-likeness (QED) is 0.300. The molecule has 12 heavy (non-hydrogen) atoms. The SMILES string of the molecule is O=[P+](O)O.SS.c1cnccn1. The molecule has 1 aromatic heterocycles. The molecule has 0 fully saturated rings. The second-order valence-electron chi connectivity index (χ2n) is 1.15. The Balaban J connectivity index is 0. The van der Waals surface area contributed by atoms with Crippen LogP contribution in [0.25, 0.3) is 0 Å². The molecule has 1 rings (SSSR count). The maximum atomic E-state index is 8.70. The molecule has 0 aliphatic heterocycles. The van der Waals surface area contributed by atoms with Gasteiger partial charge in [-0.1, -0.05) is 0 Å². The van der Waals surface area contributed by atoms with Crippen LogP contribution in [0.2, 0.25) is 0 Å². The maximum absolute atomic E-state index is 8.70. The summed E-state index contributed by atoms with van der Waals surface area (Å²) in [6.45, 7) is 0. The molecule has 1 aromatic rings. The van der Waals surface area contributed by atoms with Crippen LogP contribution in [0.3, 0.4) is 0 Å². The van der Waals surface area contributed by atoms with Gasteiger partial charge in [-0.2, -0.15) is 0 Å². The molecule has 5 nitrogen and oxygen atoms in total. The molecule has 1 heterocycles. The summed E-state index contributed by atoms with van der Waals surface area (Å²) in [5.74, 6) is 0. The van der Waals surface area contributed by atoms with Gasteiger partial charge in [0, 0.05) is 29.4 Å². The molecule has 0 radical (unpaired) electrons. The molecule has 0 atom stereocenters. The minimum atomic E-state index is -2.87. The Morgan fingerprint density at radius 3 is 1.25 bits per heavy atom. The zero-order chi connectivity index (χ0) is 9.82. The average Bonchev–Trinajstić information content (AvgIpc) is 2.10. The van der Waals surface area contributed by atoms with Crippen molar-refractivity contribution in [2.24, 2.45) is 0 Å². The molecule has 0 aliphatic carbocycles. The monoisotopic (exact) mass is 227 g/mol. The van der Waals surface area contributed by atoms with E-state index < -0.39 is 8.25 Å². The summed E-state index contributed by atoms with van der Waals surface area (Å²) in [5, 5.41) is 0. The second-order valence-corrected chi connectivity index (χ2v) is 1.65. The predicted octanol–water partition coefficient (Wildman–Crippen LogP) is 0.866. The maximum Gasteiger partial charge on any atom is 0.692 e. The molecule has 0 saturated heterocycles. The van der Waals surface area contributed by atoms with Gasteiger partial charge >= 0.3 is 8.25 Å². The molecule has 0 bridgehead atoms. The Bertz CT molecular complexity index is 158. The molecule has 0 spiro atoms. The molecule has 68 valence electrons. The Morgan fingerprint density at radius 2 is 1.17 bits per heavy atom. The zero-order valence-corrected chi connectivity index (χ0v) is 8.53. The lowest BCUT2D eigenvalue weighted by atomic mass is 10.8. The van der Waals surface area contributed by atoms with E-state index in [1.165, 1.54) is 0 Å². The average molecular weight is 227 g/mol. The Morgan fingerprint density at radius 1 is 1.00 bits per heavy atom. The number of thiol groups is 2. The topological polar surface area (TPSA) is 83.3 Å². The minimum Gasteiger partial charge on any atom is -0.262 e. The van der Waals surface area contributed by atoms with E-state index in [4.69, 9.17) is 14.4 Å². The highest BCUT2D eigenvalue weighted by Gasteiger charge is 1.93. The number of hydrogen-bond acceptors (Lipinski definition) is 5. The molecule has 0 aromatic carbocycles. The first-order valence-electron chi connectivity index (χ1n) is 2.48. The summed E-state index contributed by atoms with van der Waals surface area (Å²) in [7, 11) is -2.87. The zero-order valence-electron chi connectivity index (χ0n) is 5.85. The molecule has 0 aliphatic rings. The fourth-order valence-corrected chi connectivity index (χ4v) is 0.253. The normalized spacial score (nSPS) is 6.67. The van der Waals surface area contributed by atoms with Crippen LogP contribution in [-0.4, -0.2) is 19.8 Å². The van der Waals surface area contributed by atoms with E-state index in [0.29, 0.717) is 0 Å². The van der Waals surface area contributed by atoms with E-state index in [1.54, 1.807) is 24.8 Å². The van der Waals surface area contributed by atoms with Gasteiger partial charge in [-0.3, -0.25) is 9.97 Å². The van der Waals surface area contributed by atoms with Crippen molar-refractivity contribution in [2.45, 2.75) is 0 Å². The van der Waals surface area contributed by atoms with Crippen LogP contribution in [0.5, 0.6) is 0 Å². The van der Waals surface area contributed by atoms with Gasteiger partial charge in [0.1, 0.15) is 0 Å². The summed E-state index contributed by atoms with van der Waals surface area (Å²) < 4.78 is 8.70. The van der Waals surface area contributed by atoms with Gasteiger partial charge in [0.2, 0.25) is 0 Å². The highest BCUT2D eigenvalue weighted by atomic mass is 33.1. The van der Waals surface area contributed by atoms with Crippen molar-refractivity contribution in [3.8, 4) is 0 Å². The summed E-state index contributed by atoms with van der Waals surface area (Å²) >= 11 is 6.44. The molecule has 0 saturated carbocycles. The molecule has 2 N–H and O–H groups in total. The van der Waals surface area contributed by atoms with Crippen molar-refractivity contribution in [3.63, 3.8) is 0 Å². The third-order valence-electron chi connectivity index (χ3n) is 0.478. The lowest BCUT2D eigenvalue weighted by Crippen LogP contribution is -1.66. The van der Waals surface area contributed by atoms with Gasteiger partial charge in [-0.15, -0.1) is 33.1 Å². The summed E-state index contributed by atoms with van der Waals surface area (Å²) in [6.07, 6.45) is 6.56. The van der Waals surface area contributed by atoms with Crippen LogP contribution in [0.4, 0.5) is 0 Å². The number of nitrogens with zero attached hydrogens (tertiary/aromatic N) is 2. The van der Waals surface area contributed by atoms with Crippen LogP contribution >= 0.6 is 31.6 Å². The lowest BCUT2D eigenvalue weighted by molar-refractivity contribution is 0.405. The van der Waals surface area contributed by atoms with Crippen molar-refractivity contribution < 1.29 is 14.4 Å². The van der Waals surface area contributed by atoms with Crippen molar-refractivity contribution in [1.29, 1.82) is 0 Å². The van der Waals surface area contributed by atoms with Crippen LogP contribution in [0.1, 0.15) is 0 Å². The number of rotatable bonds is 0. The van der Waals surface area contributed by atoms with Gasteiger partial charge < -0.3 is 0 Å². The third-order valence-corrected chi connectivity index (χ3v) is 0.478. The molecular formula is C4H8N2O3PS2+. The smallest absolute Gasteiger partial charge is 0.262 e. The summed E-state index contributed by atoms with van der Waals surface area (Å²) in [5.41, 5.74) is 0. The van der Waals surface area contributed by atoms with Crippen LogP contribution in [0.15, 0.2) is 24.8 Å². The second kappa shape index (κ2) is 13.4. The predicted molar refractivity (Wildman–Crippen MR) is 52.0 cm³/mol. The third kappa shape index (κ3) is 22.6. The van der Waals surface area contributed by atoms with Crippen molar-refractivity contribution in [2.75, 3.05) is 0 Å². The van der Waals surface area contributed by atoms with Gasteiger partial charge in [0.05, 0.1) is 0 Å². The van der Waals surface area contributed by atoms with Gasteiger partial charge in [-0.05, 0) is 0 Å².